The maximum Gasteiger partial charge on any atom is 0.246 e. The molecule has 0 saturated carbocycles. The Morgan fingerprint density at radius 1 is 1.32 bits per heavy atom. The first-order valence-corrected chi connectivity index (χ1v) is 6.85. The van der Waals surface area contributed by atoms with Crippen LogP contribution >= 0.6 is 0 Å². The highest BCUT2D eigenvalue weighted by Gasteiger charge is 2.26. The molecule has 0 bridgehead atoms. The lowest BCUT2D eigenvalue weighted by atomic mass is 10.2. The number of rotatable bonds is 4. The van der Waals surface area contributed by atoms with E-state index in [0.717, 1.165) is 18.2 Å². The van der Waals surface area contributed by atoms with Crippen molar-refractivity contribution in [2.45, 2.75) is 17.9 Å². The van der Waals surface area contributed by atoms with Crippen molar-refractivity contribution in [1.82, 2.24) is 14.9 Å². The van der Waals surface area contributed by atoms with Crippen molar-refractivity contribution in [3.05, 3.63) is 47.8 Å². The average molecular weight is 287 g/mol. The maximum absolute atomic E-state index is 13.5. The van der Waals surface area contributed by atoms with Gasteiger partial charge in [-0.2, -0.15) is 5.10 Å². The van der Waals surface area contributed by atoms with Crippen LogP contribution in [0.1, 0.15) is 18.5 Å². The first-order valence-electron chi connectivity index (χ1n) is 5.37. The van der Waals surface area contributed by atoms with E-state index in [9.17, 15) is 17.2 Å². The van der Waals surface area contributed by atoms with E-state index in [1.54, 1.807) is 6.92 Å². The van der Waals surface area contributed by atoms with Gasteiger partial charge in [-0.15, -0.1) is 0 Å². The summed E-state index contributed by atoms with van der Waals surface area (Å²) in [6.45, 7) is 1.54. The zero-order chi connectivity index (χ0) is 14.0. The lowest BCUT2D eigenvalue weighted by Gasteiger charge is -2.13. The summed E-state index contributed by atoms with van der Waals surface area (Å²) in [6, 6.07) is 2.21. The molecule has 0 amide bonds. The predicted octanol–water partition coefficient (Wildman–Crippen LogP) is 1.73. The Bertz CT molecular complexity index is 651. The van der Waals surface area contributed by atoms with Crippen molar-refractivity contribution in [3.8, 4) is 0 Å². The first-order chi connectivity index (χ1) is 8.92. The fourth-order valence-corrected chi connectivity index (χ4v) is 2.97. The van der Waals surface area contributed by atoms with Crippen LogP contribution in [0.4, 0.5) is 8.78 Å². The van der Waals surface area contributed by atoms with E-state index in [-0.39, 0.29) is 0 Å². The molecule has 1 atom stereocenters. The topological polar surface area (TPSA) is 74.8 Å². The van der Waals surface area contributed by atoms with Crippen molar-refractivity contribution in [1.29, 1.82) is 0 Å². The molecule has 2 N–H and O–H groups in total. The zero-order valence-electron chi connectivity index (χ0n) is 9.89. The van der Waals surface area contributed by atoms with Gasteiger partial charge in [-0.1, -0.05) is 6.07 Å². The minimum atomic E-state index is -4.29. The minimum absolute atomic E-state index is 0.556. The Balaban J connectivity index is 2.33. The van der Waals surface area contributed by atoms with Crippen LogP contribution in [-0.2, 0) is 10.0 Å². The summed E-state index contributed by atoms with van der Waals surface area (Å²) in [5, 5.41) is 6.20. The molecule has 0 radical (unpaired) electrons. The van der Waals surface area contributed by atoms with Crippen molar-refractivity contribution in [3.63, 3.8) is 0 Å². The fourth-order valence-electron chi connectivity index (χ4n) is 1.60. The molecule has 19 heavy (non-hydrogen) atoms. The quantitative estimate of drug-likeness (QED) is 0.899. The van der Waals surface area contributed by atoms with E-state index in [4.69, 9.17) is 0 Å². The minimum Gasteiger partial charge on any atom is -0.285 e. The Morgan fingerprint density at radius 2 is 1.95 bits per heavy atom. The number of nitrogens with one attached hydrogen (secondary N) is 2. The second kappa shape index (κ2) is 5.06. The van der Waals surface area contributed by atoms with Gasteiger partial charge in [0.1, 0.15) is 11.6 Å². The molecule has 0 fully saturated rings. The van der Waals surface area contributed by atoms with Gasteiger partial charge in [-0.3, -0.25) is 5.10 Å². The lowest BCUT2D eigenvalue weighted by Crippen LogP contribution is -2.28. The van der Waals surface area contributed by atoms with E-state index >= 15 is 0 Å². The molecule has 0 saturated heterocycles. The molecule has 0 aliphatic rings. The SMILES string of the molecule is CC(NS(=O)(=O)c1c(F)cccc1F)c1cn[nH]c1. The number of aromatic nitrogens is 2. The van der Waals surface area contributed by atoms with Gasteiger partial charge >= 0.3 is 0 Å². The third kappa shape index (κ3) is 2.79. The van der Waals surface area contributed by atoms with Crippen LogP contribution in [0, 0.1) is 11.6 Å². The molecular weight excluding hydrogens is 276 g/mol. The molecule has 1 unspecified atom stereocenters. The summed E-state index contributed by atoms with van der Waals surface area (Å²) in [5.41, 5.74) is 0.556. The zero-order valence-corrected chi connectivity index (χ0v) is 10.7. The summed E-state index contributed by atoms with van der Waals surface area (Å²) < 4.78 is 53.0. The van der Waals surface area contributed by atoms with Crippen molar-refractivity contribution in [2.24, 2.45) is 0 Å². The normalized spacial score (nSPS) is 13.4. The van der Waals surface area contributed by atoms with Gasteiger partial charge in [0.15, 0.2) is 4.90 Å². The number of hydrogen-bond acceptors (Lipinski definition) is 3. The molecule has 1 aromatic carbocycles. The van der Waals surface area contributed by atoms with Gasteiger partial charge in [0, 0.05) is 17.8 Å². The van der Waals surface area contributed by atoms with Crippen molar-refractivity contribution < 1.29 is 17.2 Å². The second-order valence-corrected chi connectivity index (χ2v) is 5.58. The Hall–Kier alpha value is -1.80. The third-order valence-electron chi connectivity index (χ3n) is 2.54. The Kier molecular flexibility index (Phi) is 3.63. The number of nitrogens with zero attached hydrogens (tertiary/aromatic N) is 1. The Labute approximate surface area is 108 Å². The van der Waals surface area contributed by atoms with Gasteiger partial charge in [0.25, 0.3) is 0 Å². The van der Waals surface area contributed by atoms with Crippen LogP contribution in [0.3, 0.4) is 0 Å². The van der Waals surface area contributed by atoms with E-state index < -0.39 is 32.6 Å². The number of hydrogen-bond donors (Lipinski definition) is 2. The van der Waals surface area contributed by atoms with Crippen LogP contribution in [0.2, 0.25) is 0 Å². The van der Waals surface area contributed by atoms with Gasteiger partial charge in [0.2, 0.25) is 10.0 Å². The molecular formula is C11H11F2N3O2S. The second-order valence-electron chi connectivity index (χ2n) is 3.93. The smallest absolute Gasteiger partial charge is 0.246 e. The van der Waals surface area contributed by atoms with Crippen LogP contribution < -0.4 is 4.72 Å². The largest absolute Gasteiger partial charge is 0.285 e. The van der Waals surface area contributed by atoms with Gasteiger partial charge in [-0.25, -0.2) is 21.9 Å². The first kappa shape index (κ1) is 13.6. The molecule has 1 heterocycles. The van der Waals surface area contributed by atoms with Crippen LogP contribution in [0.15, 0.2) is 35.5 Å². The summed E-state index contributed by atoms with van der Waals surface area (Å²) in [4.78, 5) is -0.981. The molecule has 2 rings (SSSR count). The molecule has 2 aromatic rings. The lowest BCUT2D eigenvalue weighted by molar-refractivity contribution is 0.509. The molecule has 0 aliphatic heterocycles. The number of aromatic amines is 1. The molecule has 0 spiro atoms. The predicted molar refractivity (Wildman–Crippen MR) is 63.7 cm³/mol. The average Bonchev–Trinajstić information content (AvgIpc) is 2.80. The van der Waals surface area contributed by atoms with Gasteiger partial charge < -0.3 is 0 Å². The molecule has 0 aliphatic carbocycles. The van der Waals surface area contributed by atoms with Gasteiger partial charge in [0.05, 0.1) is 6.20 Å². The van der Waals surface area contributed by atoms with Crippen molar-refractivity contribution in [2.75, 3.05) is 0 Å². The number of halogens is 2. The maximum atomic E-state index is 13.5. The fraction of sp³-hybridized carbons (Fsp3) is 0.182. The highest BCUT2D eigenvalue weighted by atomic mass is 32.2. The van der Waals surface area contributed by atoms with Gasteiger partial charge in [-0.05, 0) is 19.1 Å². The van der Waals surface area contributed by atoms with Crippen LogP contribution in [0.5, 0.6) is 0 Å². The molecule has 8 heteroatoms. The van der Waals surface area contributed by atoms with E-state index in [0.29, 0.717) is 5.56 Å². The summed E-state index contributed by atoms with van der Waals surface area (Å²) in [6.07, 6.45) is 2.91. The van der Waals surface area contributed by atoms with Crippen molar-refractivity contribution >= 4 is 10.0 Å². The summed E-state index contributed by atoms with van der Waals surface area (Å²) in [5.74, 6) is -2.27. The molecule has 5 nitrogen and oxygen atoms in total. The Morgan fingerprint density at radius 3 is 2.47 bits per heavy atom. The highest BCUT2D eigenvalue weighted by Crippen LogP contribution is 2.21. The third-order valence-corrected chi connectivity index (χ3v) is 4.13. The van der Waals surface area contributed by atoms with Crippen LogP contribution in [-0.4, -0.2) is 18.6 Å². The van der Waals surface area contributed by atoms with E-state index in [1.165, 1.54) is 12.4 Å². The molecule has 1 aromatic heterocycles. The summed E-state index contributed by atoms with van der Waals surface area (Å²) >= 11 is 0. The molecule has 102 valence electrons. The highest BCUT2D eigenvalue weighted by molar-refractivity contribution is 7.89. The number of sulfonamides is 1. The van der Waals surface area contributed by atoms with E-state index in [1.807, 2.05) is 0 Å². The monoisotopic (exact) mass is 287 g/mol. The number of H-pyrrole nitrogens is 1. The standard InChI is InChI=1S/C11H11F2N3O2S/c1-7(8-5-14-15-6-8)16-19(17,18)11-9(12)3-2-4-10(11)13/h2-7,16H,1H3,(H,14,15). The van der Waals surface area contributed by atoms with Crippen LogP contribution in [0.25, 0.3) is 0 Å². The summed E-state index contributed by atoms with van der Waals surface area (Å²) in [7, 11) is -4.29. The van der Waals surface area contributed by atoms with E-state index in [2.05, 4.69) is 14.9 Å². The number of benzene rings is 1.